The van der Waals surface area contributed by atoms with E-state index in [2.05, 4.69) is 4.98 Å². The molecule has 126 valence electrons. The van der Waals surface area contributed by atoms with Crippen LogP contribution in [0.3, 0.4) is 0 Å². The number of nitrogens with one attached hydrogen (secondary N) is 1. The van der Waals surface area contributed by atoms with Gasteiger partial charge in [0, 0.05) is 9.26 Å². The number of aromatic amines is 1. The Kier molecular flexibility index (Phi) is 5.76. The lowest BCUT2D eigenvalue weighted by atomic mass is 10.1. The summed E-state index contributed by atoms with van der Waals surface area (Å²) >= 11 is 2.03. The van der Waals surface area contributed by atoms with Crippen LogP contribution in [0, 0.1) is 17.4 Å². The number of aryl methyl sites for hydroxylation is 1. The van der Waals surface area contributed by atoms with E-state index in [9.17, 15) is 14.4 Å². The summed E-state index contributed by atoms with van der Waals surface area (Å²) in [7, 11) is 1.28. The van der Waals surface area contributed by atoms with Gasteiger partial charge in [-0.05, 0) is 54.1 Å². The average molecular weight is 441 g/mol. The van der Waals surface area contributed by atoms with Gasteiger partial charge in [0.05, 0.1) is 23.9 Å². The van der Waals surface area contributed by atoms with Crippen molar-refractivity contribution in [2.75, 3.05) is 13.7 Å². The lowest BCUT2D eigenvalue weighted by molar-refractivity contribution is 0.0472. The van der Waals surface area contributed by atoms with E-state index in [1.807, 2.05) is 28.7 Å². The van der Waals surface area contributed by atoms with Crippen molar-refractivity contribution in [2.45, 2.75) is 13.8 Å². The van der Waals surface area contributed by atoms with Crippen molar-refractivity contribution in [3.8, 4) is 0 Å². The second-order valence-corrected chi connectivity index (χ2v) is 6.26. The van der Waals surface area contributed by atoms with Crippen LogP contribution in [-0.4, -0.2) is 36.4 Å². The molecular weight excluding hydrogens is 425 g/mol. The Morgan fingerprint density at radius 3 is 2.42 bits per heavy atom. The first-order valence-corrected chi connectivity index (χ1v) is 8.17. The van der Waals surface area contributed by atoms with Crippen molar-refractivity contribution < 1.29 is 23.9 Å². The molecule has 0 aliphatic rings. The molecule has 6 nitrogen and oxygen atoms in total. The van der Waals surface area contributed by atoms with E-state index in [1.165, 1.54) is 7.11 Å². The third-order valence-corrected chi connectivity index (χ3v) is 4.47. The zero-order valence-electron chi connectivity index (χ0n) is 13.4. The highest BCUT2D eigenvalue weighted by atomic mass is 127. The third kappa shape index (κ3) is 3.66. The number of halogens is 1. The summed E-state index contributed by atoms with van der Waals surface area (Å²) in [6.07, 6.45) is 0. The molecule has 1 heterocycles. The molecule has 0 saturated carbocycles. The van der Waals surface area contributed by atoms with E-state index in [0.29, 0.717) is 22.4 Å². The van der Waals surface area contributed by atoms with Crippen molar-refractivity contribution in [3.05, 3.63) is 55.9 Å². The monoisotopic (exact) mass is 441 g/mol. The van der Waals surface area contributed by atoms with Gasteiger partial charge >= 0.3 is 11.9 Å². The van der Waals surface area contributed by atoms with Gasteiger partial charge in [0.15, 0.2) is 6.61 Å². The Balaban J connectivity index is 2.13. The standard InChI is InChI=1S/C17H16INO5/c1-9-14(17(22)23-3)10(2)19-15(9)13(20)8-24-16(21)11-6-4-5-7-12(11)18/h4-7,19H,8H2,1-3H3. The smallest absolute Gasteiger partial charge is 0.339 e. The first kappa shape index (κ1) is 18.2. The fraction of sp³-hybridized carbons (Fsp3) is 0.235. The van der Waals surface area contributed by atoms with Gasteiger partial charge in [-0.2, -0.15) is 0 Å². The number of esters is 2. The van der Waals surface area contributed by atoms with Gasteiger partial charge in [-0.15, -0.1) is 0 Å². The van der Waals surface area contributed by atoms with Gasteiger partial charge in [-0.25, -0.2) is 9.59 Å². The molecule has 0 amide bonds. The third-order valence-electron chi connectivity index (χ3n) is 3.53. The van der Waals surface area contributed by atoms with Crippen molar-refractivity contribution in [2.24, 2.45) is 0 Å². The number of methoxy groups -OCH3 is 1. The molecule has 2 rings (SSSR count). The number of aromatic nitrogens is 1. The van der Waals surface area contributed by atoms with Crippen molar-refractivity contribution >= 4 is 40.3 Å². The molecule has 7 heteroatoms. The number of hydrogen-bond donors (Lipinski definition) is 1. The molecule has 0 bridgehead atoms. The van der Waals surface area contributed by atoms with Crippen LogP contribution in [-0.2, 0) is 9.47 Å². The molecule has 1 aromatic heterocycles. The van der Waals surface area contributed by atoms with Gasteiger partial charge < -0.3 is 14.5 Å². The van der Waals surface area contributed by atoms with Crippen LogP contribution >= 0.6 is 22.6 Å². The summed E-state index contributed by atoms with van der Waals surface area (Å²) in [5, 5.41) is 0. The molecule has 0 saturated heterocycles. The fourth-order valence-corrected chi connectivity index (χ4v) is 2.95. The zero-order chi connectivity index (χ0) is 17.9. The average Bonchev–Trinajstić information content (AvgIpc) is 2.86. The van der Waals surface area contributed by atoms with E-state index in [4.69, 9.17) is 9.47 Å². The number of Topliss-reactive ketones (excluding diaryl/α,β-unsaturated/α-hetero) is 1. The van der Waals surface area contributed by atoms with Crippen LogP contribution in [0.25, 0.3) is 0 Å². The lowest BCUT2D eigenvalue weighted by Crippen LogP contribution is -2.16. The minimum Gasteiger partial charge on any atom is -0.465 e. The number of hydrogen-bond acceptors (Lipinski definition) is 5. The predicted octanol–water partition coefficient (Wildman–Crippen LogP) is 3.06. The SMILES string of the molecule is COC(=O)c1c(C)[nH]c(C(=O)COC(=O)c2ccccc2I)c1C. The number of carbonyl (C=O) groups is 3. The molecule has 2 aromatic rings. The minimum absolute atomic E-state index is 0.239. The summed E-state index contributed by atoms with van der Waals surface area (Å²) in [5.74, 6) is -1.50. The van der Waals surface area contributed by atoms with E-state index in [-0.39, 0.29) is 5.69 Å². The largest absolute Gasteiger partial charge is 0.465 e. The Labute approximate surface area is 152 Å². The van der Waals surface area contributed by atoms with E-state index >= 15 is 0 Å². The Bertz CT molecular complexity index is 809. The molecule has 0 aliphatic carbocycles. The quantitative estimate of drug-likeness (QED) is 0.438. The highest BCUT2D eigenvalue weighted by Crippen LogP contribution is 2.20. The molecule has 0 atom stereocenters. The van der Waals surface area contributed by atoms with Gasteiger partial charge in [-0.1, -0.05) is 12.1 Å². The van der Waals surface area contributed by atoms with Crippen molar-refractivity contribution in [3.63, 3.8) is 0 Å². The predicted molar refractivity (Wildman–Crippen MR) is 95.4 cm³/mol. The fourth-order valence-electron chi connectivity index (χ4n) is 2.34. The first-order valence-electron chi connectivity index (χ1n) is 7.09. The molecule has 0 spiro atoms. The molecule has 0 radical (unpaired) electrons. The minimum atomic E-state index is -0.567. The molecule has 1 aromatic carbocycles. The van der Waals surface area contributed by atoms with Crippen LogP contribution in [0.1, 0.15) is 42.5 Å². The van der Waals surface area contributed by atoms with Crippen LogP contribution in [0.15, 0.2) is 24.3 Å². The molecule has 0 fully saturated rings. The molecule has 24 heavy (non-hydrogen) atoms. The number of rotatable bonds is 5. The Morgan fingerprint density at radius 2 is 1.79 bits per heavy atom. The Hall–Kier alpha value is -2.16. The number of ether oxygens (including phenoxy) is 2. The van der Waals surface area contributed by atoms with E-state index in [1.54, 1.807) is 32.0 Å². The first-order chi connectivity index (χ1) is 11.4. The normalized spacial score (nSPS) is 10.3. The second-order valence-electron chi connectivity index (χ2n) is 5.10. The zero-order valence-corrected chi connectivity index (χ0v) is 15.6. The second kappa shape index (κ2) is 7.61. The van der Waals surface area contributed by atoms with Crippen LogP contribution in [0.5, 0.6) is 0 Å². The Morgan fingerprint density at radius 1 is 1.12 bits per heavy atom. The van der Waals surface area contributed by atoms with Crippen molar-refractivity contribution in [1.29, 1.82) is 0 Å². The highest BCUT2D eigenvalue weighted by molar-refractivity contribution is 14.1. The van der Waals surface area contributed by atoms with E-state index < -0.39 is 24.3 Å². The van der Waals surface area contributed by atoms with Gasteiger partial charge in [0.1, 0.15) is 0 Å². The topological polar surface area (TPSA) is 85.5 Å². The van der Waals surface area contributed by atoms with Crippen LogP contribution in [0.2, 0.25) is 0 Å². The van der Waals surface area contributed by atoms with Crippen LogP contribution in [0.4, 0.5) is 0 Å². The molecular formula is C17H16INO5. The number of ketones is 1. The summed E-state index contributed by atoms with van der Waals surface area (Å²) in [6.45, 7) is 2.91. The summed E-state index contributed by atoms with van der Waals surface area (Å²) in [5.41, 5.74) is 1.98. The maximum Gasteiger partial charge on any atom is 0.339 e. The van der Waals surface area contributed by atoms with Gasteiger partial charge in [0.2, 0.25) is 5.78 Å². The number of H-pyrrole nitrogens is 1. The van der Waals surface area contributed by atoms with E-state index in [0.717, 1.165) is 3.57 Å². The summed E-state index contributed by atoms with van der Waals surface area (Å²) < 4.78 is 10.5. The van der Waals surface area contributed by atoms with Crippen LogP contribution < -0.4 is 0 Å². The number of carbonyl (C=O) groups excluding carboxylic acids is 3. The van der Waals surface area contributed by atoms with Crippen molar-refractivity contribution in [1.82, 2.24) is 4.98 Å². The van der Waals surface area contributed by atoms with Gasteiger partial charge in [-0.3, -0.25) is 4.79 Å². The summed E-state index contributed by atoms with van der Waals surface area (Å²) in [6, 6.07) is 6.94. The number of benzene rings is 1. The summed E-state index contributed by atoms with van der Waals surface area (Å²) in [4.78, 5) is 38.9. The molecule has 0 unspecified atom stereocenters. The maximum atomic E-state index is 12.3. The lowest BCUT2D eigenvalue weighted by Gasteiger charge is -2.06. The molecule has 1 N–H and O–H groups in total. The highest BCUT2D eigenvalue weighted by Gasteiger charge is 2.23. The van der Waals surface area contributed by atoms with Gasteiger partial charge in [0.25, 0.3) is 0 Å². The maximum absolute atomic E-state index is 12.3. The molecule has 0 aliphatic heterocycles.